The Hall–Kier alpha value is -2.63. The SMILES string of the molecule is O=C(NCC1CCCO1)N1CCC(COc2ccc3nnc(C(F)(F)F)n3n2)C1. The number of hydrogen-bond donors (Lipinski definition) is 1. The van der Waals surface area contributed by atoms with Crippen LogP contribution in [-0.2, 0) is 10.9 Å². The summed E-state index contributed by atoms with van der Waals surface area (Å²) in [5.41, 5.74) is -0.0142. The third kappa shape index (κ3) is 4.52. The van der Waals surface area contributed by atoms with Crippen molar-refractivity contribution in [1.29, 1.82) is 0 Å². The van der Waals surface area contributed by atoms with Gasteiger partial charge in [-0.05, 0) is 25.3 Å². The number of hydrogen-bond acceptors (Lipinski definition) is 6. The van der Waals surface area contributed by atoms with Gasteiger partial charge in [0.2, 0.25) is 5.88 Å². The van der Waals surface area contributed by atoms with Crippen LogP contribution >= 0.6 is 0 Å². The number of nitrogens with zero attached hydrogens (tertiary/aromatic N) is 5. The van der Waals surface area contributed by atoms with Crippen molar-refractivity contribution in [3.63, 3.8) is 0 Å². The predicted octanol–water partition coefficient (Wildman–Crippen LogP) is 1.73. The lowest BCUT2D eigenvalue weighted by molar-refractivity contribution is -0.146. The molecule has 2 saturated heterocycles. The highest BCUT2D eigenvalue weighted by Crippen LogP contribution is 2.28. The number of nitrogens with one attached hydrogen (secondary N) is 1. The summed E-state index contributed by atoms with van der Waals surface area (Å²) in [4.78, 5) is 14.0. The van der Waals surface area contributed by atoms with Crippen LogP contribution in [0.15, 0.2) is 12.1 Å². The Morgan fingerprint density at radius 2 is 2.17 bits per heavy atom. The second-order valence-corrected chi connectivity index (χ2v) is 7.20. The summed E-state index contributed by atoms with van der Waals surface area (Å²) in [6, 6.07) is 2.68. The number of carbonyl (C=O) groups excluding carboxylic acids is 1. The Labute approximate surface area is 164 Å². The second kappa shape index (κ2) is 8.01. The molecule has 2 fully saturated rings. The summed E-state index contributed by atoms with van der Waals surface area (Å²) in [5.74, 6) is -1.08. The molecule has 0 bridgehead atoms. The summed E-state index contributed by atoms with van der Waals surface area (Å²) >= 11 is 0. The van der Waals surface area contributed by atoms with Gasteiger partial charge >= 0.3 is 12.2 Å². The first-order valence-corrected chi connectivity index (χ1v) is 9.47. The van der Waals surface area contributed by atoms with Gasteiger partial charge in [-0.1, -0.05) is 0 Å². The van der Waals surface area contributed by atoms with Crippen molar-refractivity contribution in [2.75, 3.05) is 32.8 Å². The first-order valence-electron chi connectivity index (χ1n) is 9.47. The smallest absolute Gasteiger partial charge is 0.453 e. The van der Waals surface area contributed by atoms with Crippen LogP contribution in [0.4, 0.5) is 18.0 Å². The molecule has 0 saturated carbocycles. The number of amides is 2. The highest BCUT2D eigenvalue weighted by molar-refractivity contribution is 5.74. The molecule has 0 spiro atoms. The van der Waals surface area contributed by atoms with Crippen molar-refractivity contribution < 1.29 is 27.4 Å². The van der Waals surface area contributed by atoms with Crippen LogP contribution in [0.2, 0.25) is 0 Å². The van der Waals surface area contributed by atoms with Crippen LogP contribution in [0.5, 0.6) is 5.88 Å². The van der Waals surface area contributed by atoms with Gasteiger partial charge in [0.25, 0.3) is 5.82 Å². The number of likely N-dealkylation sites (tertiary alicyclic amines) is 1. The first-order chi connectivity index (χ1) is 13.9. The molecule has 12 heteroatoms. The Balaban J connectivity index is 1.29. The number of carbonyl (C=O) groups is 1. The molecule has 2 aliphatic heterocycles. The van der Waals surface area contributed by atoms with Crippen molar-refractivity contribution in [2.24, 2.45) is 5.92 Å². The summed E-state index contributed by atoms with van der Waals surface area (Å²) in [6.45, 7) is 2.60. The van der Waals surface area contributed by atoms with E-state index in [0.717, 1.165) is 25.9 Å². The summed E-state index contributed by atoms with van der Waals surface area (Å²) in [7, 11) is 0. The zero-order valence-corrected chi connectivity index (χ0v) is 15.6. The minimum absolute atomic E-state index is 0.0142. The van der Waals surface area contributed by atoms with E-state index in [2.05, 4.69) is 20.6 Å². The monoisotopic (exact) mass is 414 g/mol. The van der Waals surface area contributed by atoms with Gasteiger partial charge in [0.1, 0.15) is 0 Å². The maximum absolute atomic E-state index is 12.9. The summed E-state index contributed by atoms with van der Waals surface area (Å²) in [6.07, 6.45) is -1.86. The molecule has 2 aromatic heterocycles. The lowest BCUT2D eigenvalue weighted by Gasteiger charge is -2.19. The molecule has 2 unspecified atom stereocenters. The highest BCUT2D eigenvalue weighted by Gasteiger charge is 2.37. The van der Waals surface area contributed by atoms with Crippen molar-refractivity contribution in [2.45, 2.75) is 31.5 Å². The molecule has 29 heavy (non-hydrogen) atoms. The van der Waals surface area contributed by atoms with Crippen molar-refractivity contribution in [3.05, 3.63) is 18.0 Å². The lowest BCUT2D eigenvalue weighted by Crippen LogP contribution is -2.41. The van der Waals surface area contributed by atoms with Crippen molar-refractivity contribution in [1.82, 2.24) is 30.0 Å². The molecular weight excluding hydrogens is 393 g/mol. The number of aromatic nitrogens is 4. The quantitative estimate of drug-likeness (QED) is 0.801. The summed E-state index contributed by atoms with van der Waals surface area (Å²) in [5, 5.41) is 13.3. The highest BCUT2D eigenvalue weighted by atomic mass is 19.4. The molecule has 0 aliphatic carbocycles. The largest absolute Gasteiger partial charge is 0.476 e. The minimum atomic E-state index is -4.66. The number of ether oxygens (including phenoxy) is 2. The van der Waals surface area contributed by atoms with Crippen molar-refractivity contribution >= 4 is 11.7 Å². The summed E-state index contributed by atoms with van der Waals surface area (Å²) < 4.78 is 50.5. The second-order valence-electron chi connectivity index (χ2n) is 7.20. The Bertz CT molecular complexity index is 868. The van der Waals surface area contributed by atoms with Crippen LogP contribution in [-0.4, -0.2) is 69.7 Å². The fraction of sp³-hybridized carbons (Fsp3) is 0.647. The van der Waals surface area contributed by atoms with E-state index in [0.29, 0.717) is 24.1 Å². The van der Waals surface area contributed by atoms with Gasteiger partial charge in [0.05, 0.1) is 12.7 Å². The lowest BCUT2D eigenvalue weighted by atomic mass is 10.1. The predicted molar refractivity (Wildman–Crippen MR) is 93.3 cm³/mol. The normalized spacial score (nSPS) is 22.4. The minimum Gasteiger partial charge on any atom is -0.476 e. The van der Waals surface area contributed by atoms with Gasteiger partial charge in [-0.25, -0.2) is 4.79 Å². The van der Waals surface area contributed by atoms with Crippen LogP contribution in [0.3, 0.4) is 0 Å². The maximum atomic E-state index is 12.9. The average Bonchev–Trinajstić information content (AvgIpc) is 3.44. The van der Waals surface area contributed by atoms with E-state index < -0.39 is 12.0 Å². The number of halogens is 3. The number of fused-ring (bicyclic) bond motifs is 1. The number of alkyl halides is 3. The fourth-order valence-corrected chi connectivity index (χ4v) is 3.50. The molecule has 0 radical (unpaired) electrons. The molecule has 158 valence electrons. The van der Waals surface area contributed by atoms with E-state index in [1.807, 2.05) is 0 Å². The maximum Gasteiger partial charge on any atom is 0.453 e. The van der Waals surface area contributed by atoms with Gasteiger partial charge in [0, 0.05) is 38.2 Å². The van der Waals surface area contributed by atoms with Gasteiger partial charge in [-0.2, -0.15) is 17.7 Å². The molecule has 1 N–H and O–H groups in total. The molecule has 4 rings (SSSR count). The van der Waals surface area contributed by atoms with Gasteiger partial charge in [0.15, 0.2) is 5.65 Å². The van der Waals surface area contributed by atoms with Gasteiger partial charge in [-0.3, -0.25) is 0 Å². The Morgan fingerprint density at radius 3 is 2.93 bits per heavy atom. The molecule has 9 nitrogen and oxygen atoms in total. The molecule has 2 aromatic rings. The molecule has 0 aromatic carbocycles. The zero-order valence-electron chi connectivity index (χ0n) is 15.6. The first kappa shape index (κ1) is 19.7. The van der Waals surface area contributed by atoms with Crippen LogP contribution in [0, 0.1) is 5.92 Å². The number of rotatable bonds is 5. The molecule has 2 atom stereocenters. The van der Waals surface area contributed by atoms with Gasteiger partial charge < -0.3 is 19.7 Å². The fourth-order valence-electron chi connectivity index (χ4n) is 3.50. The molecule has 2 aliphatic rings. The third-order valence-corrected chi connectivity index (χ3v) is 5.04. The standard InChI is InChI=1S/C17H21F3N6O3/c18-17(19,20)15-23-22-13-3-4-14(24-26(13)15)29-10-11-5-6-25(9-11)16(27)21-8-12-2-1-7-28-12/h3-4,11-12H,1-2,5-10H2,(H,21,27). The van der Waals surface area contributed by atoms with E-state index in [4.69, 9.17) is 9.47 Å². The van der Waals surface area contributed by atoms with E-state index in [9.17, 15) is 18.0 Å². The molecular formula is C17H21F3N6O3. The zero-order chi connectivity index (χ0) is 20.4. The van der Waals surface area contributed by atoms with Crippen LogP contribution in [0.25, 0.3) is 5.65 Å². The van der Waals surface area contributed by atoms with E-state index in [1.165, 1.54) is 12.1 Å². The van der Waals surface area contributed by atoms with E-state index in [1.54, 1.807) is 4.90 Å². The van der Waals surface area contributed by atoms with Crippen molar-refractivity contribution in [3.8, 4) is 5.88 Å². The number of urea groups is 1. The van der Waals surface area contributed by atoms with E-state index >= 15 is 0 Å². The van der Waals surface area contributed by atoms with Crippen LogP contribution in [0.1, 0.15) is 25.1 Å². The average molecular weight is 414 g/mol. The third-order valence-electron chi connectivity index (χ3n) is 5.04. The Kier molecular flexibility index (Phi) is 5.43. The van der Waals surface area contributed by atoms with E-state index in [-0.39, 0.29) is 36.2 Å². The molecule has 2 amide bonds. The topological polar surface area (TPSA) is 93.9 Å². The molecule has 4 heterocycles. The Morgan fingerprint density at radius 1 is 1.31 bits per heavy atom. The van der Waals surface area contributed by atoms with Crippen LogP contribution < -0.4 is 10.1 Å². The van der Waals surface area contributed by atoms with Gasteiger partial charge in [-0.15, -0.1) is 15.3 Å².